The van der Waals surface area contributed by atoms with Crippen LogP contribution in [0, 0.1) is 0 Å². The zero-order valence-corrected chi connectivity index (χ0v) is 14.5. The van der Waals surface area contributed by atoms with Crippen molar-refractivity contribution in [3.8, 4) is 0 Å². The summed E-state index contributed by atoms with van der Waals surface area (Å²) >= 11 is 1.60. The maximum Gasteiger partial charge on any atom is 0.253 e. The van der Waals surface area contributed by atoms with E-state index in [2.05, 4.69) is 20.2 Å². The van der Waals surface area contributed by atoms with Crippen molar-refractivity contribution in [3.63, 3.8) is 0 Å². The van der Waals surface area contributed by atoms with Crippen LogP contribution >= 0.6 is 11.3 Å². The van der Waals surface area contributed by atoms with Gasteiger partial charge in [0.1, 0.15) is 10.8 Å². The molecule has 3 aromatic rings. The molecule has 1 N–H and O–H groups in total. The van der Waals surface area contributed by atoms with E-state index in [4.69, 9.17) is 4.74 Å². The second-order valence-corrected chi connectivity index (χ2v) is 6.88. The van der Waals surface area contributed by atoms with Crippen molar-refractivity contribution in [2.24, 2.45) is 0 Å². The molecule has 7 heteroatoms. The van der Waals surface area contributed by atoms with Crippen LogP contribution < -0.4 is 10.2 Å². The second-order valence-electron chi connectivity index (χ2n) is 5.76. The van der Waals surface area contributed by atoms with Gasteiger partial charge in [0, 0.05) is 19.3 Å². The van der Waals surface area contributed by atoms with Crippen LogP contribution in [0.4, 0.5) is 5.82 Å². The van der Waals surface area contributed by atoms with Gasteiger partial charge in [-0.1, -0.05) is 12.1 Å². The van der Waals surface area contributed by atoms with E-state index in [9.17, 15) is 4.79 Å². The minimum atomic E-state index is -0.139. The highest BCUT2D eigenvalue weighted by Gasteiger charge is 2.13. The number of carbonyl (C=O) groups is 1. The van der Waals surface area contributed by atoms with E-state index in [1.165, 1.54) is 0 Å². The molecule has 0 bridgehead atoms. The van der Waals surface area contributed by atoms with Crippen LogP contribution in [0.5, 0.6) is 0 Å². The third-order valence-corrected chi connectivity index (χ3v) is 5.12. The summed E-state index contributed by atoms with van der Waals surface area (Å²) in [6, 6.07) is 11.7. The van der Waals surface area contributed by atoms with Gasteiger partial charge in [-0.15, -0.1) is 11.3 Å². The van der Waals surface area contributed by atoms with E-state index in [-0.39, 0.29) is 5.91 Å². The lowest BCUT2D eigenvalue weighted by molar-refractivity contribution is 0.0950. The largest absolute Gasteiger partial charge is 0.378 e. The van der Waals surface area contributed by atoms with Crippen molar-refractivity contribution >= 4 is 33.3 Å². The highest BCUT2D eigenvalue weighted by atomic mass is 32.1. The van der Waals surface area contributed by atoms with Crippen molar-refractivity contribution < 1.29 is 9.53 Å². The molecule has 128 valence electrons. The van der Waals surface area contributed by atoms with Crippen molar-refractivity contribution in [1.82, 2.24) is 15.3 Å². The molecule has 0 saturated carbocycles. The second kappa shape index (κ2) is 7.16. The first-order chi connectivity index (χ1) is 12.3. The summed E-state index contributed by atoms with van der Waals surface area (Å²) < 4.78 is 6.47. The van der Waals surface area contributed by atoms with Crippen molar-refractivity contribution in [3.05, 3.63) is 53.2 Å². The fourth-order valence-electron chi connectivity index (χ4n) is 2.75. The molecule has 1 amide bonds. The fraction of sp³-hybridized carbons (Fsp3) is 0.278. The number of para-hydroxylation sites is 1. The monoisotopic (exact) mass is 354 g/mol. The lowest BCUT2D eigenvalue weighted by atomic mass is 10.2. The first kappa shape index (κ1) is 16.0. The van der Waals surface area contributed by atoms with E-state index in [1.807, 2.05) is 36.4 Å². The van der Waals surface area contributed by atoms with Gasteiger partial charge in [-0.25, -0.2) is 9.97 Å². The number of benzene rings is 1. The van der Waals surface area contributed by atoms with Gasteiger partial charge in [0.2, 0.25) is 0 Å². The Morgan fingerprint density at radius 1 is 1.20 bits per heavy atom. The summed E-state index contributed by atoms with van der Waals surface area (Å²) in [7, 11) is 0. The third-order valence-electron chi connectivity index (χ3n) is 4.08. The van der Waals surface area contributed by atoms with Crippen molar-refractivity contribution in [2.45, 2.75) is 6.54 Å². The summed E-state index contributed by atoms with van der Waals surface area (Å²) in [5, 5.41) is 3.81. The molecule has 0 aliphatic carbocycles. The van der Waals surface area contributed by atoms with Gasteiger partial charge in [0.05, 0.1) is 35.5 Å². The van der Waals surface area contributed by atoms with Gasteiger partial charge in [-0.2, -0.15) is 0 Å². The molecule has 3 heterocycles. The number of nitrogens with zero attached hydrogens (tertiary/aromatic N) is 3. The van der Waals surface area contributed by atoms with E-state index in [0.717, 1.165) is 34.1 Å². The highest BCUT2D eigenvalue weighted by molar-refractivity contribution is 7.18. The number of morpholine rings is 1. The topological polar surface area (TPSA) is 67.4 Å². The zero-order chi connectivity index (χ0) is 17.1. The Labute approximate surface area is 149 Å². The molecule has 2 aromatic heterocycles. The van der Waals surface area contributed by atoms with Crippen LogP contribution in [0.1, 0.15) is 15.4 Å². The minimum Gasteiger partial charge on any atom is -0.378 e. The average molecular weight is 354 g/mol. The number of aromatic nitrogens is 2. The number of hydrogen-bond donors (Lipinski definition) is 1. The van der Waals surface area contributed by atoms with Crippen LogP contribution in [0.25, 0.3) is 10.2 Å². The van der Waals surface area contributed by atoms with E-state index in [0.29, 0.717) is 25.3 Å². The number of ether oxygens (including phenoxy) is 1. The van der Waals surface area contributed by atoms with Crippen LogP contribution in [-0.2, 0) is 11.3 Å². The minimum absolute atomic E-state index is 0.139. The predicted molar refractivity (Wildman–Crippen MR) is 98.1 cm³/mol. The first-order valence-corrected chi connectivity index (χ1v) is 9.03. The standard InChI is InChI=1S/C18H18N4O2S/c23-18(20-12-17-21-14-3-1-2-4-15(14)25-17)13-5-6-16(19-11-13)22-7-9-24-10-8-22/h1-6,11H,7-10,12H2,(H,20,23). The Balaban J connectivity index is 1.38. The zero-order valence-electron chi connectivity index (χ0n) is 13.6. The maximum absolute atomic E-state index is 12.3. The lowest BCUT2D eigenvalue weighted by Crippen LogP contribution is -2.36. The van der Waals surface area contributed by atoms with Crippen LogP contribution in [0.2, 0.25) is 0 Å². The van der Waals surface area contributed by atoms with Gasteiger partial charge in [-0.05, 0) is 24.3 Å². The van der Waals surface area contributed by atoms with Crippen LogP contribution in [0.15, 0.2) is 42.6 Å². The number of nitrogens with one attached hydrogen (secondary N) is 1. The third kappa shape index (κ3) is 3.62. The van der Waals surface area contributed by atoms with Crippen LogP contribution in [0.3, 0.4) is 0 Å². The summed E-state index contributed by atoms with van der Waals surface area (Å²) in [5.74, 6) is 0.742. The normalized spacial score (nSPS) is 14.6. The summed E-state index contributed by atoms with van der Waals surface area (Å²) in [5.41, 5.74) is 1.52. The van der Waals surface area contributed by atoms with Gasteiger partial charge in [0.15, 0.2) is 0 Å². The SMILES string of the molecule is O=C(NCc1nc2ccccc2s1)c1ccc(N2CCOCC2)nc1. The molecule has 6 nitrogen and oxygen atoms in total. The van der Waals surface area contributed by atoms with Gasteiger partial charge in [-0.3, -0.25) is 4.79 Å². The molecule has 1 fully saturated rings. The number of fused-ring (bicyclic) bond motifs is 1. The summed E-state index contributed by atoms with van der Waals surface area (Å²) in [6.07, 6.45) is 1.62. The number of thiazole rings is 1. The lowest BCUT2D eigenvalue weighted by Gasteiger charge is -2.27. The molecule has 4 rings (SSSR count). The molecule has 1 aliphatic rings. The molecule has 0 spiro atoms. The van der Waals surface area contributed by atoms with Crippen molar-refractivity contribution in [1.29, 1.82) is 0 Å². The molecule has 0 radical (unpaired) electrons. The number of pyridine rings is 1. The predicted octanol–water partition coefficient (Wildman–Crippen LogP) is 2.46. The van der Waals surface area contributed by atoms with E-state index < -0.39 is 0 Å². The molecular formula is C18H18N4O2S. The number of anilines is 1. The Hall–Kier alpha value is -2.51. The molecule has 1 aromatic carbocycles. The molecular weight excluding hydrogens is 336 g/mol. The molecule has 25 heavy (non-hydrogen) atoms. The first-order valence-electron chi connectivity index (χ1n) is 8.21. The number of carbonyl (C=O) groups excluding carboxylic acids is 1. The van der Waals surface area contributed by atoms with Crippen LogP contribution in [-0.4, -0.2) is 42.2 Å². The maximum atomic E-state index is 12.3. The number of amides is 1. The highest BCUT2D eigenvalue weighted by Crippen LogP contribution is 2.21. The van der Waals surface area contributed by atoms with Crippen molar-refractivity contribution in [2.75, 3.05) is 31.2 Å². The number of rotatable bonds is 4. The van der Waals surface area contributed by atoms with E-state index >= 15 is 0 Å². The van der Waals surface area contributed by atoms with Gasteiger partial charge in [0.25, 0.3) is 5.91 Å². The number of hydrogen-bond acceptors (Lipinski definition) is 6. The molecule has 1 saturated heterocycles. The molecule has 0 unspecified atom stereocenters. The molecule has 1 aliphatic heterocycles. The smallest absolute Gasteiger partial charge is 0.253 e. The summed E-state index contributed by atoms with van der Waals surface area (Å²) in [6.45, 7) is 3.51. The van der Waals surface area contributed by atoms with Gasteiger partial charge >= 0.3 is 0 Å². The van der Waals surface area contributed by atoms with E-state index in [1.54, 1.807) is 17.5 Å². The quantitative estimate of drug-likeness (QED) is 0.779. The Morgan fingerprint density at radius 2 is 2.04 bits per heavy atom. The molecule has 0 atom stereocenters. The Bertz CT molecular complexity index is 839. The Kier molecular flexibility index (Phi) is 4.58. The van der Waals surface area contributed by atoms with Gasteiger partial charge < -0.3 is 15.0 Å². The fourth-order valence-corrected chi connectivity index (χ4v) is 3.66. The average Bonchev–Trinajstić information content (AvgIpc) is 3.10. The summed E-state index contributed by atoms with van der Waals surface area (Å²) in [4.78, 5) is 23.4. The Morgan fingerprint density at radius 3 is 2.80 bits per heavy atom.